The van der Waals surface area contributed by atoms with Gasteiger partial charge in [-0.05, 0) is 145 Å². The molecule has 0 saturated heterocycles. The van der Waals surface area contributed by atoms with E-state index in [1.165, 1.54) is 113 Å². The van der Waals surface area contributed by atoms with Gasteiger partial charge >= 0.3 is 0 Å². The molecular weight excluding hydrogens is 783 g/mol. The Bertz CT molecular complexity index is 3520. The Morgan fingerprint density at radius 2 is 1.02 bits per heavy atom. The van der Waals surface area contributed by atoms with Crippen molar-refractivity contribution >= 4 is 145 Å². The standard InChI is InChI=1S/C51H36B3N3O2S2/c1-24-14-28(5)45-41(18-24)59-49-30-11-7-9-13-44(30)61-51(49)53(45)31-21-34-40(20-27(31)4)58-42-19-26(3)17-39-47(42)52(34)32-22-33-36(23-35(32)56-39)55-37-15-25(2)16-38-46(37)54(33)50-48(57-38)29-10-6-8-12-43(29)60-50/h6-23,55-57H,1-5H3. The van der Waals surface area contributed by atoms with Crippen LogP contribution in [0.4, 0.5) is 34.1 Å². The van der Waals surface area contributed by atoms with Gasteiger partial charge in [-0.1, -0.05) is 65.1 Å². The van der Waals surface area contributed by atoms with E-state index in [0.29, 0.717) is 0 Å². The summed E-state index contributed by atoms with van der Waals surface area (Å²) in [6.45, 7) is 11.1. The van der Waals surface area contributed by atoms with Crippen molar-refractivity contribution in [1.82, 2.24) is 0 Å². The number of ether oxygens (including phenoxy) is 2. The monoisotopic (exact) mass is 819 g/mol. The Hall–Kier alpha value is -6.35. The zero-order chi connectivity index (χ0) is 40.6. The van der Waals surface area contributed by atoms with Crippen LogP contribution in [0.2, 0.25) is 0 Å². The molecular formula is C51H36B3N3O2S2. The molecule has 0 fully saturated rings. The number of fused-ring (bicyclic) bond motifs is 14. The highest BCUT2D eigenvalue weighted by Crippen LogP contribution is 2.41. The van der Waals surface area contributed by atoms with Crippen LogP contribution in [0.1, 0.15) is 27.8 Å². The van der Waals surface area contributed by atoms with E-state index in [0.717, 1.165) is 40.1 Å². The molecule has 3 N–H and O–H groups in total. The number of benzene rings is 7. The normalized spacial score (nSPS) is 14.2. The van der Waals surface area contributed by atoms with Crippen LogP contribution in [-0.4, -0.2) is 20.1 Å². The first kappa shape index (κ1) is 34.4. The highest BCUT2D eigenvalue weighted by Gasteiger charge is 2.45. The number of thiophene rings is 2. The van der Waals surface area contributed by atoms with E-state index in [-0.39, 0.29) is 20.1 Å². The Morgan fingerprint density at radius 3 is 1.80 bits per heavy atom. The van der Waals surface area contributed by atoms with Crippen LogP contribution in [0.3, 0.4) is 0 Å². The van der Waals surface area contributed by atoms with Gasteiger partial charge in [0.15, 0.2) is 0 Å². The van der Waals surface area contributed by atoms with Gasteiger partial charge in [-0.3, -0.25) is 0 Å². The molecule has 0 unspecified atom stereocenters. The van der Waals surface area contributed by atoms with Crippen molar-refractivity contribution < 1.29 is 9.47 Å². The predicted octanol–water partition coefficient (Wildman–Crippen LogP) is 7.59. The van der Waals surface area contributed by atoms with Crippen molar-refractivity contribution in [3.05, 3.63) is 137 Å². The van der Waals surface area contributed by atoms with Crippen LogP contribution < -0.4 is 73.2 Å². The first-order chi connectivity index (χ1) is 29.7. The lowest BCUT2D eigenvalue weighted by Gasteiger charge is -2.38. The highest BCUT2D eigenvalue weighted by molar-refractivity contribution is 7.34. The van der Waals surface area contributed by atoms with Crippen molar-refractivity contribution in [2.75, 3.05) is 16.0 Å². The maximum Gasteiger partial charge on any atom is 0.264 e. The Balaban J connectivity index is 1.01. The summed E-state index contributed by atoms with van der Waals surface area (Å²) < 4.78 is 19.1. The summed E-state index contributed by atoms with van der Waals surface area (Å²) in [6, 6.07) is 40.9. The van der Waals surface area contributed by atoms with Crippen molar-refractivity contribution in [1.29, 1.82) is 0 Å². The maximum atomic E-state index is 7.01. The number of anilines is 6. The SMILES string of the molecule is Cc1cc2c3c(c1)Nc1c(sc4ccccc14)B3c1cc3c(cc1N2)Nc1cc(C)cc2c1B3c1cc(B3c4sc5ccccc5c4Oc4cc(C)cc(C)c43)c(C)cc1O2. The average molecular weight is 819 g/mol. The molecule has 2 aromatic heterocycles. The third kappa shape index (κ3) is 4.64. The van der Waals surface area contributed by atoms with Crippen LogP contribution in [0.15, 0.2) is 109 Å². The van der Waals surface area contributed by atoms with Gasteiger partial charge in [-0.15, -0.1) is 22.7 Å². The van der Waals surface area contributed by atoms with E-state index in [1.54, 1.807) is 0 Å². The quantitative estimate of drug-likeness (QED) is 0.149. The van der Waals surface area contributed by atoms with Crippen LogP contribution in [0.25, 0.3) is 20.2 Å². The molecule has 0 bridgehead atoms. The first-order valence-corrected chi connectivity index (χ1v) is 22.8. The zero-order valence-electron chi connectivity index (χ0n) is 34.3. The minimum absolute atomic E-state index is 0.00866. The number of hydrogen-bond donors (Lipinski definition) is 3. The summed E-state index contributed by atoms with van der Waals surface area (Å²) in [5.41, 5.74) is 21.9. The lowest BCUT2D eigenvalue weighted by atomic mass is 9.30. The third-order valence-corrected chi connectivity index (χ3v) is 16.2. The van der Waals surface area contributed by atoms with Crippen LogP contribution in [-0.2, 0) is 0 Å². The molecule has 0 aliphatic carbocycles. The summed E-state index contributed by atoms with van der Waals surface area (Å²) in [6.07, 6.45) is 0. The molecule has 61 heavy (non-hydrogen) atoms. The van der Waals surface area contributed by atoms with Crippen LogP contribution in [0, 0.1) is 34.6 Å². The second-order valence-corrected chi connectivity index (χ2v) is 19.9. The molecule has 0 amide bonds. The molecule has 7 heterocycles. The molecule has 288 valence electrons. The topological polar surface area (TPSA) is 54.5 Å². The zero-order valence-corrected chi connectivity index (χ0v) is 35.9. The molecule has 0 spiro atoms. The largest absolute Gasteiger partial charge is 0.458 e. The summed E-state index contributed by atoms with van der Waals surface area (Å²) >= 11 is 3.78. The van der Waals surface area contributed by atoms with Gasteiger partial charge in [0.25, 0.3) is 20.1 Å². The number of hydrogen-bond acceptors (Lipinski definition) is 7. The van der Waals surface area contributed by atoms with E-state index in [2.05, 4.69) is 160 Å². The minimum Gasteiger partial charge on any atom is -0.458 e. The van der Waals surface area contributed by atoms with Crippen LogP contribution >= 0.6 is 22.7 Å². The summed E-state index contributed by atoms with van der Waals surface area (Å²) in [5.74, 6) is 3.81. The van der Waals surface area contributed by atoms with E-state index in [9.17, 15) is 0 Å². The van der Waals surface area contributed by atoms with Gasteiger partial charge in [0, 0.05) is 58.2 Å². The predicted molar refractivity (Wildman–Crippen MR) is 264 cm³/mol. The van der Waals surface area contributed by atoms with Gasteiger partial charge in [-0.25, -0.2) is 0 Å². The lowest BCUT2D eigenvalue weighted by Crippen LogP contribution is -2.63. The van der Waals surface area contributed by atoms with Crippen molar-refractivity contribution in [3.8, 4) is 23.0 Å². The van der Waals surface area contributed by atoms with Crippen molar-refractivity contribution in [2.24, 2.45) is 0 Å². The fourth-order valence-electron chi connectivity index (χ4n) is 11.3. The van der Waals surface area contributed by atoms with Gasteiger partial charge in [-0.2, -0.15) is 0 Å². The van der Waals surface area contributed by atoms with E-state index >= 15 is 0 Å². The van der Waals surface area contributed by atoms with Gasteiger partial charge in [0.05, 0.1) is 5.69 Å². The number of nitrogens with one attached hydrogen (secondary N) is 3. The summed E-state index contributed by atoms with van der Waals surface area (Å²) in [7, 11) is 0. The van der Waals surface area contributed by atoms with E-state index in [4.69, 9.17) is 9.47 Å². The number of rotatable bonds is 1. The summed E-state index contributed by atoms with van der Waals surface area (Å²) in [4.78, 5) is 0. The fraction of sp³-hybridized carbons (Fsp3) is 0.0980. The van der Waals surface area contributed by atoms with E-state index < -0.39 is 0 Å². The smallest absolute Gasteiger partial charge is 0.264 e. The van der Waals surface area contributed by atoms with Gasteiger partial charge in [0.2, 0.25) is 0 Å². The van der Waals surface area contributed by atoms with Gasteiger partial charge in [0.1, 0.15) is 23.0 Å². The van der Waals surface area contributed by atoms with Crippen LogP contribution in [0.5, 0.6) is 23.0 Å². The molecule has 10 heteroatoms. The molecule has 0 saturated carbocycles. The Kier molecular flexibility index (Phi) is 6.72. The second kappa shape index (κ2) is 11.9. The van der Waals surface area contributed by atoms with E-state index in [1.807, 2.05) is 22.7 Å². The first-order valence-electron chi connectivity index (χ1n) is 21.2. The highest BCUT2D eigenvalue weighted by atomic mass is 32.1. The minimum atomic E-state index is -0.0435. The maximum absolute atomic E-state index is 7.01. The molecule has 0 radical (unpaired) electrons. The average Bonchev–Trinajstić information content (AvgIpc) is 3.80. The molecule has 5 aliphatic heterocycles. The summed E-state index contributed by atoms with van der Waals surface area (Å²) in [5, 5.41) is 14.2. The lowest BCUT2D eigenvalue weighted by molar-refractivity contribution is 0.487. The molecule has 14 rings (SSSR count). The third-order valence-electron chi connectivity index (χ3n) is 13.8. The van der Waals surface area contributed by atoms with Crippen molar-refractivity contribution in [2.45, 2.75) is 34.6 Å². The Morgan fingerprint density at radius 1 is 0.426 bits per heavy atom. The van der Waals surface area contributed by atoms with Gasteiger partial charge < -0.3 is 25.4 Å². The molecule has 5 aliphatic rings. The second-order valence-electron chi connectivity index (χ2n) is 17.8. The molecule has 9 aromatic rings. The fourth-order valence-corrected chi connectivity index (χ4v) is 13.9. The molecule has 5 nitrogen and oxygen atoms in total. The molecule has 7 aromatic carbocycles. The number of aryl methyl sites for hydroxylation is 5. The van der Waals surface area contributed by atoms with Crippen molar-refractivity contribution in [3.63, 3.8) is 0 Å². The molecule has 0 atom stereocenters. The Labute approximate surface area is 363 Å².